The summed E-state index contributed by atoms with van der Waals surface area (Å²) >= 11 is 0. The molecular weight excluding hydrogens is 743 g/mol. The molecular formula is C57H35N3O. The average Bonchev–Trinajstić information content (AvgIpc) is 3.71. The van der Waals surface area contributed by atoms with Crippen LogP contribution >= 0.6 is 0 Å². The van der Waals surface area contributed by atoms with Gasteiger partial charge in [0, 0.05) is 54.6 Å². The molecule has 284 valence electrons. The second-order valence-corrected chi connectivity index (χ2v) is 15.5. The van der Waals surface area contributed by atoms with Crippen LogP contribution in [0.3, 0.4) is 0 Å². The number of nitrogens with zero attached hydrogens (tertiary/aromatic N) is 3. The molecule has 12 aromatic rings. The van der Waals surface area contributed by atoms with Crippen LogP contribution in [0.5, 0.6) is 0 Å². The molecule has 61 heavy (non-hydrogen) atoms. The van der Waals surface area contributed by atoms with Crippen molar-refractivity contribution in [1.29, 1.82) is 0 Å². The first kappa shape index (κ1) is 34.8. The van der Waals surface area contributed by atoms with Crippen LogP contribution in [0.15, 0.2) is 217 Å². The minimum atomic E-state index is 0.701. The maximum absolute atomic E-state index is 6.60. The van der Waals surface area contributed by atoms with Crippen LogP contribution in [0, 0.1) is 0 Å². The molecule has 9 aromatic carbocycles. The second-order valence-electron chi connectivity index (χ2n) is 15.5. The number of benzene rings is 9. The predicted octanol–water partition coefficient (Wildman–Crippen LogP) is 15.2. The molecule has 4 nitrogen and oxygen atoms in total. The van der Waals surface area contributed by atoms with Gasteiger partial charge < -0.3 is 4.42 Å². The molecule has 4 heteroatoms. The Morgan fingerprint density at radius 1 is 0.279 bits per heavy atom. The van der Waals surface area contributed by atoms with Gasteiger partial charge in [-0.15, -0.1) is 0 Å². The van der Waals surface area contributed by atoms with E-state index in [9.17, 15) is 0 Å². The van der Waals surface area contributed by atoms with Crippen LogP contribution < -0.4 is 0 Å². The summed E-state index contributed by atoms with van der Waals surface area (Å²) < 4.78 is 6.60. The van der Waals surface area contributed by atoms with Crippen molar-refractivity contribution < 1.29 is 4.42 Å². The molecule has 0 saturated heterocycles. The Balaban J connectivity index is 0.984. The Hall–Kier alpha value is -8.21. The van der Waals surface area contributed by atoms with Crippen molar-refractivity contribution >= 4 is 54.5 Å². The molecule has 0 fully saturated rings. The Kier molecular flexibility index (Phi) is 8.13. The Morgan fingerprint density at radius 3 is 1.56 bits per heavy atom. The fourth-order valence-corrected chi connectivity index (χ4v) is 8.99. The third kappa shape index (κ3) is 5.96. The molecule has 3 heterocycles. The monoisotopic (exact) mass is 777 g/mol. The first-order valence-electron chi connectivity index (χ1n) is 20.6. The van der Waals surface area contributed by atoms with Crippen molar-refractivity contribution in [1.82, 2.24) is 15.0 Å². The van der Waals surface area contributed by atoms with Crippen molar-refractivity contribution in [2.45, 2.75) is 0 Å². The molecule has 0 unspecified atom stereocenters. The van der Waals surface area contributed by atoms with Gasteiger partial charge in [-0.2, -0.15) is 0 Å². The van der Waals surface area contributed by atoms with Crippen molar-refractivity contribution in [3.8, 4) is 67.3 Å². The lowest BCUT2D eigenvalue weighted by Gasteiger charge is -2.16. The number of rotatable bonds is 6. The molecule has 0 atom stereocenters. The second kappa shape index (κ2) is 14.3. The maximum Gasteiger partial charge on any atom is 0.160 e. The van der Waals surface area contributed by atoms with E-state index in [1.165, 1.54) is 5.39 Å². The molecule has 3 aromatic heterocycles. The summed E-state index contributed by atoms with van der Waals surface area (Å²) in [4.78, 5) is 15.7. The van der Waals surface area contributed by atoms with E-state index in [1.54, 1.807) is 0 Å². The fourth-order valence-electron chi connectivity index (χ4n) is 8.99. The lowest BCUT2D eigenvalue weighted by molar-refractivity contribution is 0.669. The quantitative estimate of drug-likeness (QED) is 0.158. The third-order valence-corrected chi connectivity index (χ3v) is 11.8. The van der Waals surface area contributed by atoms with E-state index >= 15 is 0 Å². The first-order chi connectivity index (χ1) is 30.2. The van der Waals surface area contributed by atoms with Crippen LogP contribution in [-0.4, -0.2) is 15.0 Å². The van der Waals surface area contributed by atoms with Gasteiger partial charge in [0.1, 0.15) is 11.2 Å². The summed E-state index contributed by atoms with van der Waals surface area (Å²) in [6.45, 7) is 0. The number of pyridine rings is 1. The summed E-state index contributed by atoms with van der Waals surface area (Å²) in [7, 11) is 0. The van der Waals surface area contributed by atoms with Crippen molar-refractivity contribution in [2.75, 3.05) is 0 Å². The number of aromatic nitrogens is 3. The van der Waals surface area contributed by atoms with Gasteiger partial charge in [-0.25, -0.2) is 15.0 Å². The highest BCUT2D eigenvalue weighted by molar-refractivity contribution is 6.27. The zero-order valence-corrected chi connectivity index (χ0v) is 33.0. The first-order valence-corrected chi connectivity index (χ1v) is 20.6. The van der Waals surface area contributed by atoms with Gasteiger partial charge in [-0.05, 0) is 64.2 Å². The van der Waals surface area contributed by atoms with Crippen LogP contribution in [0.1, 0.15) is 0 Å². The number of hydrogen-bond acceptors (Lipinski definition) is 4. The van der Waals surface area contributed by atoms with E-state index in [-0.39, 0.29) is 0 Å². The van der Waals surface area contributed by atoms with E-state index in [2.05, 4.69) is 194 Å². The van der Waals surface area contributed by atoms with Gasteiger partial charge in [-0.3, -0.25) is 0 Å². The van der Waals surface area contributed by atoms with E-state index in [0.717, 1.165) is 111 Å². The highest BCUT2D eigenvalue weighted by atomic mass is 16.3. The van der Waals surface area contributed by atoms with Crippen LogP contribution in [0.4, 0.5) is 0 Å². The minimum Gasteiger partial charge on any atom is -0.456 e. The Labute approximate surface area is 352 Å². The van der Waals surface area contributed by atoms with Gasteiger partial charge in [0.05, 0.1) is 22.4 Å². The molecule has 0 aliphatic rings. The third-order valence-electron chi connectivity index (χ3n) is 11.8. The zero-order valence-electron chi connectivity index (χ0n) is 33.0. The van der Waals surface area contributed by atoms with Crippen LogP contribution in [-0.2, 0) is 0 Å². The number of fused-ring (bicyclic) bond motifs is 7. The normalized spacial score (nSPS) is 11.6. The molecule has 0 N–H and O–H groups in total. The summed E-state index contributed by atoms with van der Waals surface area (Å²) in [6.07, 6.45) is 0. The highest BCUT2D eigenvalue weighted by Gasteiger charge is 2.22. The minimum absolute atomic E-state index is 0.701. The van der Waals surface area contributed by atoms with E-state index in [0.29, 0.717) is 5.82 Å². The molecule has 0 bridgehead atoms. The van der Waals surface area contributed by atoms with Gasteiger partial charge in [0.25, 0.3) is 0 Å². The van der Waals surface area contributed by atoms with Gasteiger partial charge >= 0.3 is 0 Å². The molecule has 0 amide bonds. The summed E-state index contributed by atoms with van der Waals surface area (Å²) in [5, 5.41) is 6.59. The molecule has 12 rings (SSSR count). The molecule has 0 spiro atoms. The standard InChI is InChI=1S/C57H35N3O/c1-3-15-36(16-4-1)41-20-14-22-43(34-41)57-59-49-27-11-8-24-45(49)56(60-57)42-21-13-19-40(33-42)37-29-31-39(32-30-37)55-47-35-51-54(46-25-9-12-28-50(46)61-51)52(38-17-5-2-6-18-38)53(47)44-23-7-10-26-48(44)58-55/h1-35H. The van der Waals surface area contributed by atoms with Crippen LogP contribution in [0.25, 0.3) is 122 Å². The predicted molar refractivity (Wildman–Crippen MR) is 252 cm³/mol. The molecule has 0 aliphatic heterocycles. The highest BCUT2D eigenvalue weighted by Crippen LogP contribution is 2.46. The van der Waals surface area contributed by atoms with E-state index in [1.807, 2.05) is 18.2 Å². The topological polar surface area (TPSA) is 51.8 Å². The molecule has 0 radical (unpaired) electrons. The number of furan rings is 1. The summed E-state index contributed by atoms with van der Waals surface area (Å²) in [5.74, 6) is 0.701. The van der Waals surface area contributed by atoms with Gasteiger partial charge in [0.2, 0.25) is 0 Å². The number of para-hydroxylation sites is 3. The molecule has 0 saturated carbocycles. The van der Waals surface area contributed by atoms with Crippen molar-refractivity contribution in [3.05, 3.63) is 212 Å². The van der Waals surface area contributed by atoms with Crippen molar-refractivity contribution in [2.24, 2.45) is 0 Å². The zero-order chi connectivity index (χ0) is 40.3. The smallest absolute Gasteiger partial charge is 0.160 e. The fraction of sp³-hybridized carbons (Fsp3) is 0. The van der Waals surface area contributed by atoms with Crippen molar-refractivity contribution in [3.63, 3.8) is 0 Å². The van der Waals surface area contributed by atoms with Crippen LogP contribution in [0.2, 0.25) is 0 Å². The summed E-state index contributed by atoms with van der Waals surface area (Å²) in [6, 6.07) is 74.3. The average molecular weight is 778 g/mol. The lowest BCUT2D eigenvalue weighted by Crippen LogP contribution is -1.95. The van der Waals surface area contributed by atoms with Gasteiger partial charge in [0.15, 0.2) is 5.82 Å². The Bertz CT molecular complexity index is 3630. The van der Waals surface area contributed by atoms with E-state index in [4.69, 9.17) is 19.4 Å². The maximum atomic E-state index is 6.60. The Morgan fingerprint density at radius 2 is 0.803 bits per heavy atom. The largest absolute Gasteiger partial charge is 0.456 e. The van der Waals surface area contributed by atoms with Gasteiger partial charge in [-0.1, -0.05) is 176 Å². The molecule has 0 aliphatic carbocycles. The van der Waals surface area contributed by atoms with E-state index < -0.39 is 0 Å². The number of hydrogen-bond donors (Lipinski definition) is 0. The lowest BCUT2D eigenvalue weighted by atomic mass is 9.89. The summed E-state index contributed by atoms with van der Waals surface area (Å²) in [5.41, 5.74) is 15.3. The SMILES string of the molecule is c1ccc(-c2cccc(-c3nc(-c4cccc(-c5ccc(-c6nc7ccccc7c7c(-c8ccccc8)c8c(cc67)oc6ccccc68)cc5)c4)c4ccccc4n3)c2)cc1.